The van der Waals surface area contributed by atoms with E-state index in [2.05, 4.69) is 25.8 Å². The second-order valence-electron chi connectivity index (χ2n) is 4.74. The third kappa shape index (κ3) is 1.31. The van der Waals surface area contributed by atoms with Crippen molar-refractivity contribution < 1.29 is 4.74 Å². The minimum absolute atomic E-state index is 0.0949. The summed E-state index contributed by atoms with van der Waals surface area (Å²) < 4.78 is 6.05. The van der Waals surface area contributed by atoms with Gasteiger partial charge in [-0.2, -0.15) is 0 Å². The molecule has 0 aromatic heterocycles. The zero-order chi connectivity index (χ0) is 9.47. The molecule has 2 heteroatoms. The molecule has 0 N–H and O–H groups in total. The number of ether oxygens (including phenoxy) is 1. The zero-order valence-corrected chi connectivity index (χ0v) is 9.05. The fraction of sp³-hybridized carbons (Fsp3) is 1.00. The maximum Gasteiger partial charge on any atom is 0.124 e. The molecule has 1 saturated heterocycles. The maximum atomic E-state index is 6.05. The molecule has 1 spiro atoms. The summed E-state index contributed by atoms with van der Waals surface area (Å²) in [5.41, 5.74) is 0.0949. The minimum atomic E-state index is 0.0949. The van der Waals surface area contributed by atoms with Crippen LogP contribution in [0, 0.1) is 5.92 Å². The molecule has 0 amide bonds. The molecule has 2 fully saturated rings. The fourth-order valence-corrected chi connectivity index (χ4v) is 2.95. The quantitative estimate of drug-likeness (QED) is 0.571. The standard InChI is InChI=1S/C11H21NO/c1-9-5-4-7-11(9)12(3)10(2)6-8-13-11/h9-10H,4-8H2,1-3H3/t9-,10+,11-/m0/s1. The lowest BCUT2D eigenvalue weighted by atomic mass is 9.96. The third-order valence-electron chi connectivity index (χ3n) is 4.09. The monoisotopic (exact) mass is 183 g/mol. The van der Waals surface area contributed by atoms with Crippen molar-refractivity contribution in [3.63, 3.8) is 0 Å². The summed E-state index contributed by atoms with van der Waals surface area (Å²) in [6.07, 6.45) is 5.08. The van der Waals surface area contributed by atoms with Crippen LogP contribution < -0.4 is 0 Å². The highest BCUT2D eigenvalue weighted by atomic mass is 16.5. The Labute approximate surface area is 81.3 Å². The molecule has 0 unspecified atom stereocenters. The summed E-state index contributed by atoms with van der Waals surface area (Å²) in [6.45, 7) is 5.60. The highest BCUT2D eigenvalue weighted by Crippen LogP contribution is 2.43. The average Bonchev–Trinajstić information content (AvgIpc) is 2.45. The van der Waals surface area contributed by atoms with Gasteiger partial charge in [0.15, 0.2) is 0 Å². The van der Waals surface area contributed by atoms with E-state index in [0.29, 0.717) is 12.0 Å². The summed E-state index contributed by atoms with van der Waals surface area (Å²) in [7, 11) is 2.23. The predicted molar refractivity (Wildman–Crippen MR) is 53.5 cm³/mol. The van der Waals surface area contributed by atoms with Gasteiger partial charge in [-0.3, -0.25) is 4.90 Å². The smallest absolute Gasteiger partial charge is 0.124 e. The number of rotatable bonds is 0. The van der Waals surface area contributed by atoms with Gasteiger partial charge in [0.2, 0.25) is 0 Å². The van der Waals surface area contributed by atoms with Gasteiger partial charge in [-0.05, 0) is 45.6 Å². The van der Waals surface area contributed by atoms with E-state index in [9.17, 15) is 0 Å². The van der Waals surface area contributed by atoms with Crippen molar-refractivity contribution in [2.75, 3.05) is 13.7 Å². The summed E-state index contributed by atoms with van der Waals surface area (Å²) >= 11 is 0. The molecule has 76 valence electrons. The normalized spacial score (nSPS) is 47.3. The second-order valence-corrected chi connectivity index (χ2v) is 4.74. The van der Waals surface area contributed by atoms with Crippen LogP contribution in [0.4, 0.5) is 0 Å². The topological polar surface area (TPSA) is 12.5 Å². The van der Waals surface area contributed by atoms with E-state index in [-0.39, 0.29) is 5.72 Å². The van der Waals surface area contributed by atoms with Crippen LogP contribution in [0.25, 0.3) is 0 Å². The first kappa shape index (κ1) is 9.47. The molecule has 3 atom stereocenters. The first-order valence-corrected chi connectivity index (χ1v) is 5.54. The molecule has 1 saturated carbocycles. The minimum Gasteiger partial charge on any atom is -0.360 e. The highest BCUT2D eigenvalue weighted by Gasteiger charge is 2.47. The van der Waals surface area contributed by atoms with Gasteiger partial charge in [-0.25, -0.2) is 0 Å². The molecule has 13 heavy (non-hydrogen) atoms. The molecule has 2 rings (SSSR count). The predicted octanol–water partition coefficient (Wildman–Crippen LogP) is 2.24. The SMILES string of the molecule is C[C@@H]1CCO[C@]2(CCC[C@@H]2C)N1C. The van der Waals surface area contributed by atoms with Gasteiger partial charge in [-0.15, -0.1) is 0 Å². The molecule has 2 aliphatic rings. The van der Waals surface area contributed by atoms with Crippen molar-refractivity contribution >= 4 is 0 Å². The molecule has 1 aliphatic carbocycles. The lowest BCUT2D eigenvalue weighted by Crippen LogP contribution is -2.57. The van der Waals surface area contributed by atoms with Gasteiger partial charge in [-0.1, -0.05) is 6.92 Å². The van der Waals surface area contributed by atoms with Crippen molar-refractivity contribution in [3.05, 3.63) is 0 Å². The Hall–Kier alpha value is -0.0800. The van der Waals surface area contributed by atoms with E-state index >= 15 is 0 Å². The Morgan fingerprint density at radius 1 is 1.31 bits per heavy atom. The van der Waals surface area contributed by atoms with Crippen LogP contribution in [0.3, 0.4) is 0 Å². The molecule has 2 nitrogen and oxygen atoms in total. The molecular formula is C11H21NO. The first-order valence-electron chi connectivity index (χ1n) is 5.54. The summed E-state index contributed by atoms with van der Waals surface area (Å²) in [6, 6.07) is 0.689. The van der Waals surface area contributed by atoms with Crippen LogP contribution in [-0.2, 0) is 4.74 Å². The Balaban J connectivity index is 2.19. The Morgan fingerprint density at radius 2 is 2.08 bits per heavy atom. The van der Waals surface area contributed by atoms with Crippen molar-refractivity contribution in [3.8, 4) is 0 Å². The molecule has 0 radical (unpaired) electrons. The molecule has 1 aliphatic heterocycles. The molecular weight excluding hydrogens is 162 g/mol. The molecule has 0 aromatic carbocycles. The van der Waals surface area contributed by atoms with E-state index in [1.54, 1.807) is 0 Å². The van der Waals surface area contributed by atoms with Gasteiger partial charge >= 0.3 is 0 Å². The first-order chi connectivity index (χ1) is 6.17. The lowest BCUT2D eigenvalue weighted by molar-refractivity contribution is -0.210. The van der Waals surface area contributed by atoms with Gasteiger partial charge in [0.1, 0.15) is 5.72 Å². The van der Waals surface area contributed by atoms with Crippen LogP contribution in [0.2, 0.25) is 0 Å². The molecule has 0 bridgehead atoms. The third-order valence-corrected chi connectivity index (χ3v) is 4.09. The van der Waals surface area contributed by atoms with Crippen molar-refractivity contribution in [2.45, 2.75) is 51.3 Å². The van der Waals surface area contributed by atoms with Gasteiger partial charge in [0.05, 0.1) is 6.61 Å². The maximum absolute atomic E-state index is 6.05. The van der Waals surface area contributed by atoms with Crippen LogP contribution >= 0.6 is 0 Å². The largest absolute Gasteiger partial charge is 0.360 e. The van der Waals surface area contributed by atoms with E-state index in [4.69, 9.17) is 4.74 Å². The highest BCUT2D eigenvalue weighted by molar-refractivity contribution is 4.94. The summed E-state index contributed by atoms with van der Waals surface area (Å²) in [5, 5.41) is 0. The number of hydrogen-bond acceptors (Lipinski definition) is 2. The van der Waals surface area contributed by atoms with Crippen LogP contribution in [0.15, 0.2) is 0 Å². The summed E-state index contributed by atoms with van der Waals surface area (Å²) in [4.78, 5) is 2.47. The van der Waals surface area contributed by atoms with Crippen molar-refractivity contribution in [1.29, 1.82) is 0 Å². The van der Waals surface area contributed by atoms with E-state index < -0.39 is 0 Å². The molecule has 1 heterocycles. The van der Waals surface area contributed by atoms with Crippen molar-refractivity contribution in [1.82, 2.24) is 4.90 Å². The van der Waals surface area contributed by atoms with Gasteiger partial charge < -0.3 is 4.74 Å². The van der Waals surface area contributed by atoms with Crippen LogP contribution in [-0.4, -0.2) is 30.3 Å². The second kappa shape index (κ2) is 3.25. The summed E-state index contributed by atoms with van der Waals surface area (Å²) in [5.74, 6) is 0.709. The van der Waals surface area contributed by atoms with E-state index in [0.717, 1.165) is 6.61 Å². The number of hydrogen-bond donors (Lipinski definition) is 0. The average molecular weight is 183 g/mol. The Bertz CT molecular complexity index is 195. The lowest BCUT2D eigenvalue weighted by Gasteiger charge is -2.49. The Kier molecular flexibility index (Phi) is 2.37. The van der Waals surface area contributed by atoms with Crippen molar-refractivity contribution in [2.24, 2.45) is 5.92 Å². The zero-order valence-electron chi connectivity index (χ0n) is 9.05. The van der Waals surface area contributed by atoms with Crippen LogP contribution in [0.1, 0.15) is 39.5 Å². The van der Waals surface area contributed by atoms with Crippen LogP contribution in [0.5, 0.6) is 0 Å². The molecule has 0 aromatic rings. The van der Waals surface area contributed by atoms with Gasteiger partial charge in [0.25, 0.3) is 0 Å². The fourth-order valence-electron chi connectivity index (χ4n) is 2.95. The van der Waals surface area contributed by atoms with E-state index in [1.807, 2.05) is 0 Å². The van der Waals surface area contributed by atoms with Gasteiger partial charge in [0, 0.05) is 6.04 Å². The number of nitrogens with zero attached hydrogens (tertiary/aromatic N) is 1. The van der Waals surface area contributed by atoms with E-state index in [1.165, 1.54) is 25.7 Å². The Morgan fingerprint density at radius 3 is 2.69 bits per heavy atom.